The normalized spacial score (nSPS) is 14.1. The molecule has 1 fully saturated rings. The predicted octanol–water partition coefficient (Wildman–Crippen LogP) is 2.23. The Morgan fingerprint density at radius 2 is 1.89 bits per heavy atom. The zero-order valence-corrected chi connectivity index (χ0v) is 16.1. The first-order valence-electron chi connectivity index (χ1n) is 8.94. The van der Waals surface area contributed by atoms with Crippen LogP contribution in [0.2, 0.25) is 0 Å². The molecule has 4 N–H and O–H groups in total. The lowest BCUT2D eigenvalue weighted by atomic mass is 10.2. The average molecular weight is 395 g/mol. The summed E-state index contributed by atoms with van der Waals surface area (Å²) in [5.74, 6) is 4.21. The second kappa shape index (κ2) is 8.30. The molecule has 0 aliphatic carbocycles. The topological polar surface area (TPSA) is 116 Å². The molecule has 0 bridgehead atoms. The molecule has 4 rings (SSSR count). The van der Waals surface area contributed by atoms with Crippen molar-refractivity contribution in [1.29, 1.82) is 0 Å². The van der Waals surface area contributed by atoms with Gasteiger partial charge in [-0.05, 0) is 29.8 Å². The fourth-order valence-electron chi connectivity index (χ4n) is 2.88. The summed E-state index contributed by atoms with van der Waals surface area (Å²) in [4.78, 5) is 19.6. The molecule has 1 aliphatic rings. The van der Waals surface area contributed by atoms with Crippen LogP contribution < -0.4 is 21.1 Å². The third-order valence-electron chi connectivity index (χ3n) is 4.37. The molecule has 0 aromatic carbocycles. The average Bonchev–Trinajstić information content (AvgIpc) is 2.74. The van der Waals surface area contributed by atoms with Crippen molar-refractivity contribution in [1.82, 2.24) is 19.9 Å². The van der Waals surface area contributed by atoms with Gasteiger partial charge < -0.3 is 21.1 Å². The Morgan fingerprint density at radius 3 is 2.64 bits per heavy atom. The lowest BCUT2D eigenvalue weighted by Gasteiger charge is -2.27. The molecule has 0 radical (unpaired) electrons. The van der Waals surface area contributed by atoms with E-state index in [4.69, 9.17) is 16.2 Å². The van der Waals surface area contributed by atoms with Crippen LogP contribution in [0.15, 0.2) is 42.9 Å². The van der Waals surface area contributed by atoms with Gasteiger partial charge in [0, 0.05) is 42.6 Å². The summed E-state index contributed by atoms with van der Waals surface area (Å²) in [5.41, 5.74) is 14.0. The van der Waals surface area contributed by atoms with Crippen molar-refractivity contribution in [3.8, 4) is 17.1 Å². The molecule has 3 aromatic heterocycles. The molecule has 1 aliphatic heterocycles. The highest BCUT2D eigenvalue weighted by Gasteiger charge is 2.13. The van der Waals surface area contributed by atoms with E-state index in [0.717, 1.165) is 41.5 Å². The van der Waals surface area contributed by atoms with Gasteiger partial charge in [0.25, 0.3) is 5.88 Å². The van der Waals surface area contributed by atoms with Crippen LogP contribution in [0.3, 0.4) is 0 Å². The van der Waals surface area contributed by atoms with Gasteiger partial charge in [-0.2, -0.15) is 11.8 Å². The molecule has 0 amide bonds. The van der Waals surface area contributed by atoms with Gasteiger partial charge in [0.15, 0.2) is 5.82 Å². The summed E-state index contributed by atoms with van der Waals surface area (Å²) >= 11 is 1.98. The van der Waals surface area contributed by atoms with E-state index < -0.39 is 0 Å². The SMILES string of the molecule is Nc1cc(COc2nc(-c3ccc(N4CCSCC4)nc3)cnc2N)ccn1. The number of nitrogens with two attached hydrogens (primary N) is 2. The second-order valence-electron chi connectivity index (χ2n) is 6.33. The Balaban J connectivity index is 1.49. The van der Waals surface area contributed by atoms with Crippen LogP contribution in [0.1, 0.15) is 5.56 Å². The number of anilines is 3. The number of nitrogen functional groups attached to an aromatic ring is 2. The van der Waals surface area contributed by atoms with Gasteiger partial charge in [-0.25, -0.2) is 19.9 Å². The number of thioether (sulfide) groups is 1. The van der Waals surface area contributed by atoms with Gasteiger partial charge in [-0.3, -0.25) is 0 Å². The minimum Gasteiger partial charge on any atom is -0.470 e. The molecule has 144 valence electrons. The van der Waals surface area contributed by atoms with Gasteiger partial charge >= 0.3 is 0 Å². The Hall–Kier alpha value is -3.07. The molecular formula is C19H21N7OS. The molecule has 0 saturated carbocycles. The number of hydrogen-bond donors (Lipinski definition) is 2. The van der Waals surface area contributed by atoms with Crippen LogP contribution in [-0.4, -0.2) is 44.5 Å². The molecule has 0 spiro atoms. The van der Waals surface area contributed by atoms with Gasteiger partial charge in [0.2, 0.25) is 0 Å². The smallest absolute Gasteiger partial charge is 0.258 e. The molecule has 0 atom stereocenters. The van der Waals surface area contributed by atoms with Crippen LogP contribution in [0.5, 0.6) is 5.88 Å². The zero-order valence-electron chi connectivity index (χ0n) is 15.3. The molecule has 4 heterocycles. The highest BCUT2D eigenvalue weighted by Crippen LogP contribution is 2.25. The van der Waals surface area contributed by atoms with Crippen LogP contribution >= 0.6 is 11.8 Å². The van der Waals surface area contributed by atoms with Crippen molar-refractivity contribution in [2.45, 2.75) is 6.61 Å². The fraction of sp³-hybridized carbons (Fsp3) is 0.263. The maximum atomic E-state index is 5.92. The third kappa shape index (κ3) is 4.25. The molecule has 9 heteroatoms. The van der Waals surface area contributed by atoms with E-state index in [1.807, 2.05) is 36.2 Å². The zero-order chi connectivity index (χ0) is 19.3. The molecule has 3 aromatic rings. The summed E-state index contributed by atoms with van der Waals surface area (Å²) in [6, 6.07) is 7.59. The van der Waals surface area contributed by atoms with Crippen LogP contribution in [0, 0.1) is 0 Å². The Bertz CT molecular complexity index is 945. The standard InChI is InChI=1S/C19H21N7OS/c20-16-9-13(3-4-22-16)12-27-19-18(21)24-11-15(25-19)14-1-2-17(23-10-14)26-5-7-28-8-6-26/h1-4,9-11H,5-8,12H2,(H2,20,22)(H2,21,24). The quantitative estimate of drug-likeness (QED) is 0.670. The van der Waals surface area contributed by atoms with E-state index in [-0.39, 0.29) is 18.3 Å². The molecule has 28 heavy (non-hydrogen) atoms. The number of aromatic nitrogens is 4. The number of hydrogen-bond acceptors (Lipinski definition) is 9. The highest BCUT2D eigenvalue weighted by molar-refractivity contribution is 7.99. The van der Waals surface area contributed by atoms with E-state index in [1.165, 1.54) is 0 Å². The van der Waals surface area contributed by atoms with Gasteiger partial charge in [0.05, 0.1) is 11.9 Å². The van der Waals surface area contributed by atoms with Crippen LogP contribution in [0.4, 0.5) is 17.5 Å². The van der Waals surface area contributed by atoms with Crippen molar-refractivity contribution in [2.24, 2.45) is 0 Å². The van der Waals surface area contributed by atoms with Crippen LogP contribution in [-0.2, 0) is 6.61 Å². The molecule has 1 saturated heterocycles. The van der Waals surface area contributed by atoms with E-state index in [2.05, 4.69) is 24.8 Å². The maximum absolute atomic E-state index is 5.92. The molecule has 0 unspecified atom stereocenters. The van der Waals surface area contributed by atoms with E-state index >= 15 is 0 Å². The summed E-state index contributed by atoms with van der Waals surface area (Å²) in [6.07, 6.45) is 5.07. The Kier molecular flexibility index (Phi) is 5.43. The second-order valence-corrected chi connectivity index (χ2v) is 7.55. The monoisotopic (exact) mass is 395 g/mol. The van der Waals surface area contributed by atoms with E-state index in [9.17, 15) is 0 Å². The van der Waals surface area contributed by atoms with Crippen LogP contribution in [0.25, 0.3) is 11.3 Å². The highest BCUT2D eigenvalue weighted by atomic mass is 32.2. The van der Waals surface area contributed by atoms with E-state index in [0.29, 0.717) is 11.5 Å². The first-order valence-corrected chi connectivity index (χ1v) is 10.1. The van der Waals surface area contributed by atoms with Crippen molar-refractivity contribution < 1.29 is 4.74 Å². The number of pyridine rings is 2. The van der Waals surface area contributed by atoms with Gasteiger partial charge in [-0.1, -0.05) is 0 Å². The Labute approximate surface area is 167 Å². The van der Waals surface area contributed by atoms with E-state index in [1.54, 1.807) is 18.5 Å². The van der Waals surface area contributed by atoms with Crippen molar-refractivity contribution in [3.05, 3.63) is 48.4 Å². The minimum atomic E-state index is 0.237. The number of rotatable bonds is 5. The Morgan fingerprint density at radius 1 is 1.04 bits per heavy atom. The first-order chi connectivity index (χ1) is 13.7. The summed E-state index contributed by atoms with van der Waals surface area (Å²) in [7, 11) is 0. The number of nitrogens with zero attached hydrogens (tertiary/aromatic N) is 5. The maximum Gasteiger partial charge on any atom is 0.258 e. The van der Waals surface area contributed by atoms with Crippen molar-refractivity contribution >= 4 is 29.2 Å². The third-order valence-corrected chi connectivity index (χ3v) is 5.31. The minimum absolute atomic E-state index is 0.237. The van der Waals surface area contributed by atoms with Gasteiger partial charge in [-0.15, -0.1) is 0 Å². The summed E-state index contributed by atoms with van der Waals surface area (Å²) < 4.78 is 5.75. The summed E-state index contributed by atoms with van der Waals surface area (Å²) in [6.45, 7) is 2.33. The predicted molar refractivity (Wildman–Crippen MR) is 112 cm³/mol. The first kappa shape index (κ1) is 18.3. The fourth-order valence-corrected chi connectivity index (χ4v) is 3.78. The van der Waals surface area contributed by atoms with Crippen molar-refractivity contribution in [2.75, 3.05) is 41.0 Å². The lowest BCUT2D eigenvalue weighted by Crippen LogP contribution is -2.32. The van der Waals surface area contributed by atoms with Gasteiger partial charge in [0.1, 0.15) is 18.2 Å². The number of ether oxygens (including phenoxy) is 1. The largest absolute Gasteiger partial charge is 0.470 e. The van der Waals surface area contributed by atoms with Crippen molar-refractivity contribution in [3.63, 3.8) is 0 Å². The molecular weight excluding hydrogens is 374 g/mol. The lowest BCUT2D eigenvalue weighted by molar-refractivity contribution is 0.295. The molecule has 8 nitrogen and oxygen atoms in total. The summed E-state index contributed by atoms with van der Waals surface area (Å²) in [5, 5.41) is 0.